The molecule has 0 aromatic heterocycles. The number of nitrogens with two attached hydrogens (primary N) is 1. The normalized spacial score (nSPS) is 18.9. The molecule has 0 saturated carbocycles. The average Bonchev–Trinajstić information content (AvgIpc) is 2.45. The molecule has 1 unspecified atom stereocenters. The van der Waals surface area contributed by atoms with E-state index in [0.29, 0.717) is 16.5 Å². The quantitative estimate of drug-likeness (QED) is 0.741. The number of hydrogen-bond donors (Lipinski definition) is 3. The summed E-state index contributed by atoms with van der Waals surface area (Å²) in [6, 6.07) is 5.34. The zero-order valence-corrected chi connectivity index (χ0v) is 12.6. The van der Waals surface area contributed by atoms with Crippen LogP contribution >= 0.6 is 23.5 Å². The number of thioether (sulfide) groups is 2. The molecule has 1 aromatic rings. The number of hydrogen-bond acceptors (Lipinski definition) is 5. The molecule has 104 valence electrons. The predicted octanol–water partition coefficient (Wildman–Crippen LogP) is 1.89. The zero-order valence-electron chi connectivity index (χ0n) is 10.9. The fourth-order valence-corrected chi connectivity index (χ4v) is 4.53. The highest BCUT2D eigenvalue weighted by Gasteiger charge is 2.16. The lowest BCUT2D eigenvalue weighted by Crippen LogP contribution is -2.25. The minimum Gasteiger partial charge on any atom is -0.399 e. The summed E-state index contributed by atoms with van der Waals surface area (Å²) in [5.41, 5.74) is 7.92. The van der Waals surface area contributed by atoms with Crippen molar-refractivity contribution in [1.82, 2.24) is 5.32 Å². The van der Waals surface area contributed by atoms with Crippen molar-refractivity contribution >= 4 is 40.8 Å². The molecule has 1 fully saturated rings. The van der Waals surface area contributed by atoms with Crippen molar-refractivity contribution in [2.45, 2.75) is 5.25 Å². The van der Waals surface area contributed by atoms with E-state index in [9.17, 15) is 4.79 Å². The van der Waals surface area contributed by atoms with E-state index in [2.05, 4.69) is 10.6 Å². The molecule has 4 nitrogen and oxygen atoms in total. The lowest BCUT2D eigenvalue weighted by molar-refractivity contribution is 0.0964. The molecule has 1 heterocycles. The van der Waals surface area contributed by atoms with E-state index in [1.807, 2.05) is 29.6 Å². The molecule has 19 heavy (non-hydrogen) atoms. The smallest absolute Gasteiger partial charge is 0.253 e. The SMILES string of the molecule is CNC(=O)c1ccc(N)cc1NCC1CSCCS1. The fraction of sp³-hybridized carbons (Fsp3) is 0.462. The van der Waals surface area contributed by atoms with E-state index in [-0.39, 0.29) is 5.91 Å². The van der Waals surface area contributed by atoms with Gasteiger partial charge in [0.25, 0.3) is 5.91 Å². The van der Waals surface area contributed by atoms with E-state index in [4.69, 9.17) is 5.73 Å². The average molecular weight is 297 g/mol. The van der Waals surface area contributed by atoms with Crippen molar-refractivity contribution < 1.29 is 4.79 Å². The van der Waals surface area contributed by atoms with Crippen LogP contribution in [0.4, 0.5) is 11.4 Å². The minimum absolute atomic E-state index is 0.0897. The number of carbonyl (C=O) groups excluding carboxylic acids is 1. The molecule has 0 aliphatic carbocycles. The Hall–Kier alpha value is -1.01. The van der Waals surface area contributed by atoms with Gasteiger partial charge in [0.05, 0.1) is 5.56 Å². The number of carbonyl (C=O) groups is 1. The maximum absolute atomic E-state index is 11.8. The van der Waals surface area contributed by atoms with Crippen molar-refractivity contribution in [3.8, 4) is 0 Å². The van der Waals surface area contributed by atoms with Crippen LogP contribution in [-0.2, 0) is 0 Å². The topological polar surface area (TPSA) is 67.2 Å². The monoisotopic (exact) mass is 297 g/mol. The zero-order chi connectivity index (χ0) is 13.7. The van der Waals surface area contributed by atoms with Crippen LogP contribution in [0.25, 0.3) is 0 Å². The third-order valence-electron chi connectivity index (χ3n) is 2.92. The molecule has 4 N–H and O–H groups in total. The van der Waals surface area contributed by atoms with Crippen LogP contribution in [0.1, 0.15) is 10.4 Å². The number of rotatable bonds is 4. The second kappa shape index (κ2) is 6.96. The number of amides is 1. The first-order valence-electron chi connectivity index (χ1n) is 6.25. The molecule has 1 atom stereocenters. The highest BCUT2D eigenvalue weighted by molar-refractivity contribution is 8.06. The third kappa shape index (κ3) is 3.98. The second-order valence-electron chi connectivity index (χ2n) is 4.33. The molecule has 0 spiro atoms. The Kier molecular flexibility index (Phi) is 5.27. The summed E-state index contributed by atoms with van der Waals surface area (Å²) in [7, 11) is 1.64. The number of nitrogen functional groups attached to an aromatic ring is 1. The standard InChI is InChI=1S/C13H19N3OS2/c1-15-13(17)11-3-2-9(14)6-12(11)16-7-10-8-18-4-5-19-10/h2-3,6,10,16H,4-5,7-8,14H2,1H3,(H,15,17). The maximum Gasteiger partial charge on any atom is 0.253 e. The largest absolute Gasteiger partial charge is 0.399 e. The second-order valence-corrected chi connectivity index (χ2v) is 6.89. The van der Waals surface area contributed by atoms with Crippen molar-refractivity contribution in [2.24, 2.45) is 0 Å². The van der Waals surface area contributed by atoms with Gasteiger partial charge in [-0.25, -0.2) is 0 Å². The highest BCUT2D eigenvalue weighted by atomic mass is 32.2. The molecule has 0 bridgehead atoms. The van der Waals surface area contributed by atoms with Gasteiger partial charge in [-0.2, -0.15) is 23.5 Å². The van der Waals surface area contributed by atoms with Crippen molar-refractivity contribution in [1.29, 1.82) is 0 Å². The van der Waals surface area contributed by atoms with Crippen molar-refractivity contribution in [3.05, 3.63) is 23.8 Å². The van der Waals surface area contributed by atoms with Crippen LogP contribution in [0.5, 0.6) is 0 Å². The van der Waals surface area contributed by atoms with Crippen LogP contribution in [-0.4, -0.2) is 42.0 Å². The Bertz CT molecular complexity index is 448. The van der Waals surface area contributed by atoms with Crippen LogP contribution in [0.3, 0.4) is 0 Å². The van der Waals surface area contributed by atoms with Crippen LogP contribution < -0.4 is 16.4 Å². The summed E-state index contributed by atoms with van der Waals surface area (Å²) in [6.07, 6.45) is 0. The van der Waals surface area contributed by atoms with Gasteiger partial charge in [0.1, 0.15) is 0 Å². The number of benzene rings is 1. The van der Waals surface area contributed by atoms with E-state index in [1.165, 1.54) is 11.5 Å². The first-order valence-corrected chi connectivity index (χ1v) is 8.46. The molecule has 1 aliphatic rings. The Morgan fingerprint density at radius 2 is 2.32 bits per heavy atom. The van der Waals surface area contributed by atoms with Crippen LogP contribution in [0, 0.1) is 0 Å². The van der Waals surface area contributed by atoms with Gasteiger partial charge in [-0.05, 0) is 18.2 Å². The summed E-state index contributed by atoms with van der Waals surface area (Å²) in [6.45, 7) is 0.866. The maximum atomic E-state index is 11.8. The Morgan fingerprint density at radius 1 is 1.47 bits per heavy atom. The molecule has 1 saturated heterocycles. The molecule has 2 rings (SSSR count). The summed E-state index contributed by atoms with van der Waals surface area (Å²) >= 11 is 3.98. The lowest BCUT2D eigenvalue weighted by Gasteiger charge is -2.22. The third-order valence-corrected chi connectivity index (χ3v) is 5.77. The van der Waals surface area contributed by atoms with E-state index < -0.39 is 0 Å². The van der Waals surface area contributed by atoms with Crippen LogP contribution in [0.2, 0.25) is 0 Å². The van der Waals surface area contributed by atoms with Gasteiger partial charge in [0, 0.05) is 47.5 Å². The van der Waals surface area contributed by atoms with E-state index in [0.717, 1.165) is 18.0 Å². The summed E-state index contributed by atoms with van der Waals surface area (Å²) in [5.74, 6) is 3.52. The van der Waals surface area contributed by atoms with Crippen molar-refractivity contribution in [3.63, 3.8) is 0 Å². The molecular weight excluding hydrogens is 278 g/mol. The first kappa shape index (κ1) is 14.4. The number of nitrogens with one attached hydrogen (secondary N) is 2. The van der Waals surface area contributed by atoms with Gasteiger partial charge in [-0.1, -0.05) is 0 Å². The summed E-state index contributed by atoms with van der Waals surface area (Å²) < 4.78 is 0. The summed E-state index contributed by atoms with van der Waals surface area (Å²) in [5, 5.41) is 6.61. The Morgan fingerprint density at radius 3 is 3.00 bits per heavy atom. The van der Waals surface area contributed by atoms with E-state index in [1.54, 1.807) is 19.2 Å². The molecule has 6 heteroatoms. The molecule has 1 amide bonds. The van der Waals surface area contributed by atoms with Gasteiger partial charge < -0.3 is 16.4 Å². The molecule has 0 radical (unpaired) electrons. The first-order chi connectivity index (χ1) is 9.20. The van der Waals surface area contributed by atoms with Crippen LogP contribution in [0.15, 0.2) is 18.2 Å². The Balaban J connectivity index is 2.05. The Labute approximate surface area is 122 Å². The van der Waals surface area contributed by atoms with Crippen molar-refractivity contribution in [2.75, 3.05) is 41.9 Å². The molecule has 1 aromatic carbocycles. The predicted molar refractivity (Wildman–Crippen MR) is 86.3 cm³/mol. The van der Waals surface area contributed by atoms with Gasteiger partial charge in [0.15, 0.2) is 0 Å². The minimum atomic E-state index is -0.0897. The van der Waals surface area contributed by atoms with Gasteiger partial charge in [-0.3, -0.25) is 4.79 Å². The molecular formula is C13H19N3OS2. The highest BCUT2D eigenvalue weighted by Crippen LogP contribution is 2.25. The lowest BCUT2D eigenvalue weighted by atomic mass is 10.1. The van der Waals surface area contributed by atoms with Gasteiger partial charge in [0.2, 0.25) is 0 Å². The number of anilines is 2. The fourth-order valence-electron chi connectivity index (χ4n) is 1.92. The van der Waals surface area contributed by atoms with E-state index >= 15 is 0 Å². The molecule has 1 aliphatic heterocycles. The van der Waals surface area contributed by atoms with Gasteiger partial charge in [-0.15, -0.1) is 0 Å². The summed E-state index contributed by atoms with van der Waals surface area (Å²) in [4.78, 5) is 11.8. The van der Waals surface area contributed by atoms with Gasteiger partial charge >= 0.3 is 0 Å².